The Morgan fingerprint density at radius 3 is 2.75 bits per heavy atom. The molecular weight excluding hydrogens is 155 g/mol. The van der Waals surface area contributed by atoms with Gasteiger partial charge >= 0.3 is 0 Å². The van der Waals surface area contributed by atoms with Crippen LogP contribution in [-0.2, 0) is 0 Å². The summed E-state index contributed by atoms with van der Waals surface area (Å²) in [5, 5.41) is 0. The normalized spacial score (nSPS) is 30.5. The molecule has 1 aliphatic heterocycles. The van der Waals surface area contributed by atoms with E-state index in [2.05, 4.69) is 18.7 Å². The molecule has 12 heavy (non-hydrogen) atoms. The molecule has 3 heteroatoms. The molecule has 0 saturated carbocycles. The quantitative estimate of drug-likeness (QED) is 0.680. The van der Waals surface area contributed by atoms with Crippen LogP contribution >= 0.6 is 0 Å². The van der Waals surface area contributed by atoms with E-state index < -0.39 is 0 Å². The van der Waals surface area contributed by atoms with Crippen molar-refractivity contribution in [3.63, 3.8) is 0 Å². The van der Waals surface area contributed by atoms with Crippen molar-refractivity contribution in [2.45, 2.75) is 38.3 Å². The molecule has 1 saturated heterocycles. The average molecular weight is 174 g/mol. The van der Waals surface area contributed by atoms with Crippen LogP contribution in [0, 0.1) is 0 Å². The van der Waals surface area contributed by atoms with E-state index in [0.717, 1.165) is 19.4 Å². The first-order chi connectivity index (χ1) is 5.56. The number of likely N-dealkylation sites (tertiary alicyclic amines) is 1. The summed E-state index contributed by atoms with van der Waals surface area (Å²) < 4.78 is 12.1. The Labute approximate surface area is 73.9 Å². The van der Waals surface area contributed by atoms with E-state index in [4.69, 9.17) is 5.73 Å². The highest BCUT2D eigenvalue weighted by atomic mass is 19.1. The summed E-state index contributed by atoms with van der Waals surface area (Å²) in [7, 11) is 0. The second-order valence-corrected chi connectivity index (χ2v) is 4.24. The summed E-state index contributed by atoms with van der Waals surface area (Å²) in [6.45, 7) is 5.53. The summed E-state index contributed by atoms with van der Waals surface area (Å²) in [6.07, 6.45) is 1.98. The zero-order valence-corrected chi connectivity index (χ0v) is 8.02. The summed E-state index contributed by atoms with van der Waals surface area (Å²) in [5.74, 6) is 0. The molecule has 0 amide bonds. The van der Waals surface area contributed by atoms with Gasteiger partial charge in [-0.15, -0.1) is 0 Å². The summed E-state index contributed by atoms with van der Waals surface area (Å²) >= 11 is 0. The highest BCUT2D eigenvalue weighted by Gasteiger charge is 2.32. The Hall–Kier alpha value is -0.150. The predicted octanol–water partition coefficient (Wildman–Crippen LogP) is 1.16. The molecule has 1 unspecified atom stereocenters. The molecule has 2 nitrogen and oxygen atoms in total. The SMILES string of the molecule is CC1(C)CC(N)CCN1CCF. The van der Waals surface area contributed by atoms with Crippen molar-refractivity contribution in [2.75, 3.05) is 19.8 Å². The minimum atomic E-state index is -0.251. The summed E-state index contributed by atoms with van der Waals surface area (Å²) in [6, 6.07) is 0.302. The Morgan fingerprint density at radius 2 is 2.25 bits per heavy atom. The number of nitrogens with two attached hydrogens (primary N) is 1. The molecule has 2 N–H and O–H groups in total. The number of hydrogen-bond donors (Lipinski definition) is 1. The maximum absolute atomic E-state index is 12.1. The fourth-order valence-corrected chi connectivity index (χ4v) is 2.01. The molecule has 0 aromatic carbocycles. The molecule has 0 radical (unpaired) electrons. The minimum absolute atomic E-state index is 0.0871. The molecule has 1 fully saturated rings. The van der Waals surface area contributed by atoms with Crippen LogP contribution in [0.4, 0.5) is 4.39 Å². The molecule has 1 heterocycles. The number of nitrogens with zero attached hydrogens (tertiary/aromatic N) is 1. The zero-order valence-electron chi connectivity index (χ0n) is 8.02. The van der Waals surface area contributed by atoms with Crippen molar-refractivity contribution in [1.29, 1.82) is 0 Å². The third kappa shape index (κ3) is 2.17. The molecule has 0 aromatic rings. The number of alkyl halides is 1. The van der Waals surface area contributed by atoms with Gasteiger partial charge in [-0.25, -0.2) is 4.39 Å². The van der Waals surface area contributed by atoms with Crippen LogP contribution in [0.1, 0.15) is 26.7 Å². The van der Waals surface area contributed by atoms with Crippen LogP contribution in [0.15, 0.2) is 0 Å². The topological polar surface area (TPSA) is 29.3 Å². The van der Waals surface area contributed by atoms with E-state index in [0.29, 0.717) is 12.6 Å². The van der Waals surface area contributed by atoms with Crippen LogP contribution < -0.4 is 5.73 Å². The van der Waals surface area contributed by atoms with Gasteiger partial charge in [0.25, 0.3) is 0 Å². The maximum Gasteiger partial charge on any atom is 0.102 e. The highest BCUT2D eigenvalue weighted by Crippen LogP contribution is 2.26. The van der Waals surface area contributed by atoms with E-state index in [9.17, 15) is 4.39 Å². The minimum Gasteiger partial charge on any atom is -0.328 e. The Kier molecular flexibility index (Phi) is 3.07. The molecule has 0 aromatic heterocycles. The van der Waals surface area contributed by atoms with Gasteiger partial charge in [-0.2, -0.15) is 0 Å². The van der Waals surface area contributed by atoms with Gasteiger partial charge in [0.2, 0.25) is 0 Å². The third-order valence-electron chi connectivity index (χ3n) is 2.74. The lowest BCUT2D eigenvalue weighted by molar-refractivity contribution is 0.0609. The van der Waals surface area contributed by atoms with Gasteiger partial charge in [0.15, 0.2) is 0 Å². The lowest BCUT2D eigenvalue weighted by atomic mass is 9.87. The second kappa shape index (κ2) is 3.71. The number of hydrogen-bond acceptors (Lipinski definition) is 2. The number of piperidine rings is 1. The molecule has 72 valence electrons. The smallest absolute Gasteiger partial charge is 0.102 e. The molecule has 1 aliphatic rings. The van der Waals surface area contributed by atoms with Gasteiger partial charge in [0.1, 0.15) is 6.67 Å². The van der Waals surface area contributed by atoms with E-state index in [1.165, 1.54) is 0 Å². The highest BCUT2D eigenvalue weighted by molar-refractivity contribution is 4.90. The van der Waals surface area contributed by atoms with Gasteiger partial charge in [-0.05, 0) is 26.7 Å². The van der Waals surface area contributed by atoms with Crippen LogP contribution in [0.3, 0.4) is 0 Å². The molecule has 0 bridgehead atoms. The maximum atomic E-state index is 12.1. The monoisotopic (exact) mass is 174 g/mol. The Balaban J connectivity index is 2.51. The summed E-state index contributed by atoms with van der Waals surface area (Å²) in [4.78, 5) is 2.19. The Morgan fingerprint density at radius 1 is 1.58 bits per heavy atom. The largest absolute Gasteiger partial charge is 0.328 e. The van der Waals surface area contributed by atoms with Crippen molar-refractivity contribution < 1.29 is 4.39 Å². The fourth-order valence-electron chi connectivity index (χ4n) is 2.01. The van der Waals surface area contributed by atoms with Gasteiger partial charge in [-0.1, -0.05) is 0 Å². The first kappa shape index (κ1) is 9.93. The van der Waals surface area contributed by atoms with Crippen molar-refractivity contribution in [1.82, 2.24) is 4.90 Å². The standard InChI is InChI=1S/C9H19FN2/c1-9(2)7-8(11)3-5-12(9)6-4-10/h8H,3-7,11H2,1-2H3. The van der Waals surface area contributed by atoms with Crippen LogP contribution in [0.25, 0.3) is 0 Å². The first-order valence-corrected chi connectivity index (χ1v) is 4.63. The molecule has 0 aliphatic carbocycles. The first-order valence-electron chi connectivity index (χ1n) is 4.63. The molecular formula is C9H19FN2. The van der Waals surface area contributed by atoms with Gasteiger partial charge < -0.3 is 5.73 Å². The number of halogens is 1. The van der Waals surface area contributed by atoms with Crippen LogP contribution in [0.2, 0.25) is 0 Å². The van der Waals surface area contributed by atoms with Gasteiger partial charge in [0, 0.05) is 24.7 Å². The van der Waals surface area contributed by atoms with Crippen LogP contribution in [-0.4, -0.2) is 36.2 Å². The van der Waals surface area contributed by atoms with Crippen molar-refractivity contribution in [2.24, 2.45) is 5.73 Å². The van der Waals surface area contributed by atoms with Crippen LogP contribution in [0.5, 0.6) is 0 Å². The third-order valence-corrected chi connectivity index (χ3v) is 2.74. The van der Waals surface area contributed by atoms with E-state index in [1.54, 1.807) is 0 Å². The predicted molar refractivity (Wildman–Crippen MR) is 48.8 cm³/mol. The van der Waals surface area contributed by atoms with Crippen molar-refractivity contribution in [3.8, 4) is 0 Å². The van der Waals surface area contributed by atoms with Crippen molar-refractivity contribution >= 4 is 0 Å². The fraction of sp³-hybridized carbons (Fsp3) is 1.00. The van der Waals surface area contributed by atoms with E-state index in [1.807, 2.05) is 0 Å². The lowest BCUT2D eigenvalue weighted by Gasteiger charge is -2.44. The van der Waals surface area contributed by atoms with Gasteiger partial charge in [0.05, 0.1) is 0 Å². The molecule has 1 atom stereocenters. The van der Waals surface area contributed by atoms with E-state index >= 15 is 0 Å². The summed E-state index contributed by atoms with van der Waals surface area (Å²) in [5.41, 5.74) is 5.94. The Bertz CT molecular complexity index is 147. The molecule has 1 rings (SSSR count). The average Bonchev–Trinajstić information content (AvgIpc) is 1.94. The zero-order chi connectivity index (χ0) is 9.19. The second-order valence-electron chi connectivity index (χ2n) is 4.24. The number of rotatable bonds is 2. The van der Waals surface area contributed by atoms with Gasteiger partial charge in [-0.3, -0.25) is 4.90 Å². The lowest BCUT2D eigenvalue weighted by Crippen LogP contribution is -2.53. The molecule has 0 spiro atoms. The van der Waals surface area contributed by atoms with E-state index in [-0.39, 0.29) is 12.2 Å². The van der Waals surface area contributed by atoms with Crippen molar-refractivity contribution in [3.05, 3.63) is 0 Å².